The van der Waals surface area contributed by atoms with Gasteiger partial charge >= 0.3 is 5.97 Å². The molecule has 0 amide bonds. The Kier molecular flexibility index (Phi) is 5.14. The van der Waals surface area contributed by atoms with Crippen LogP contribution in [0.25, 0.3) is 0 Å². The molecule has 25 heavy (non-hydrogen) atoms. The number of nitrogens with zero attached hydrogens (tertiary/aromatic N) is 1. The van der Waals surface area contributed by atoms with Crippen molar-refractivity contribution in [2.45, 2.75) is 25.2 Å². The normalized spacial score (nSPS) is 21.7. The fraction of sp³-hybridized carbons (Fsp3) is 0.375. The van der Waals surface area contributed by atoms with Crippen LogP contribution in [0.4, 0.5) is 8.78 Å². The molecule has 2 aliphatic rings. The van der Waals surface area contributed by atoms with Crippen molar-refractivity contribution in [3.8, 4) is 5.75 Å². The molecular weight excluding hydrogens is 352 g/mol. The van der Waals surface area contributed by atoms with Gasteiger partial charge in [-0.05, 0) is 12.6 Å². The fourth-order valence-corrected chi connectivity index (χ4v) is 3.13. The molecule has 1 aromatic carbocycles. The molecule has 9 heteroatoms. The topological polar surface area (TPSA) is 76.8 Å². The van der Waals surface area contributed by atoms with Gasteiger partial charge in [0.1, 0.15) is 12.4 Å². The van der Waals surface area contributed by atoms with E-state index < -0.39 is 24.0 Å². The molecule has 0 saturated carbocycles. The number of benzene rings is 1. The fourth-order valence-electron chi connectivity index (χ4n) is 3.07. The number of fused-ring (bicyclic) bond motifs is 1. The molecule has 0 aliphatic carbocycles. The zero-order chi connectivity index (χ0) is 18.0. The van der Waals surface area contributed by atoms with Gasteiger partial charge in [-0.1, -0.05) is 12.2 Å². The summed E-state index contributed by atoms with van der Waals surface area (Å²) < 4.78 is 38.1. The lowest BCUT2D eigenvalue weighted by Gasteiger charge is -2.38. The predicted molar refractivity (Wildman–Crippen MR) is 89.6 cm³/mol. The van der Waals surface area contributed by atoms with Gasteiger partial charge in [0.15, 0.2) is 11.6 Å². The Hall–Kier alpha value is -2.26. The lowest BCUT2D eigenvalue weighted by molar-refractivity contribution is -0.151. The summed E-state index contributed by atoms with van der Waals surface area (Å²) in [7, 11) is 0. The van der Waals surface area contributed by atoms with Crippen LogP contribution in [0.3, 0.4) is 0 Å². The highest BCUT2D eigenvalue weighted by molar-refractivity contribution is 7.80. The Morgan fingerprint density at radius 3 is 3.04 bits per heavy atom. The number of halogens is 2. The van der Waals surface area contributed by atoms with E-state index in [-0.39, 0.29) is 18.4 Å². The molecule has 0 radical (unpaired) electrons. The third-order valence-electron chi connectivity index (χ3n) is 4.06. The first kappa shape index (κ1) is 17.6. The lowest BCUT2D eigenvalue weighted by Crippen LogP contribution is -2.50. The molecule has 2 atom stereocenters. The summed E-state index contributed by atoms with van der Waals surface area (Å²) in [6.45, 7) is 0.552. The molecule has 0 saturated heterocycles. The van der Waals surface area contributed by atoms with E-state index in [4.69, 9.17) is 15.2 Å². The van der Waals surface area contributed by atoms with Gasteiger partial charge in [-0.15, -0.1) is 0 Å². The van der Waals surface area contributed by atoms with Crippen molar-refractivity contribution in [2.24, 2.45) is 5.73 Å². The largest absolute Gasteiger partial charge is 0.488 e. The number of nitrogens with two attached hydrogens (primary N) is 1. The van der Waals surface area contributed by atoms with Crippen molar-refractivity contribution in [1.29, 1.82) is 0 Å². The van der Waals surface area contributed by atoms with Crippen LogP contribution in [-0.2, 0) is 16.0 Å². The van der Waals surface area contributed by atoms with Crippen LogP contribution in [0.1, 0.15) is 12.0 Å². The van der Waals surface area contributed by atoms with Gasteiger partial charge in [-0.25, -0.2) is 13.6 Å². The van der Waals surface area contributed by atoms with E-state index in [9.17, 15) is 13.6 Å². The molecule has 0 bridgehead atoms. The quantitative estimate of drug-likeness (QED) is 0.596. The van der Waals surface area contributed by atoms with E-state index in [1.807, 2.05) is 0 Å². The molecule has 3 rings (SSSR count). The third kappa shape index (κ3) is 3.57. The molecule has 0 spiro atoms. The Morgan fingerprint density at radius 1 is 1.52 bits per heavy atom. The van der Waals surface area contributed by atoms with Crippen molar-refractivity contribution < 1.29 is 23.0 Å². The summed E-state index contributed by atoms with van der Waals surface area (Å²) in [4.78, 5) is 13.3. The number of carbonyl (C=O) groups excluding carboxylic acids is 1. The van der Waals surface area contributed by atoms with Gasteiger partial charge in [0.05, 0.1) is 11.4 Å². The van der Waals surface area contributed by atoms with E-state index in [0.717, 1.165) is 17.1 Å². The number of hydrogen-bond acceptors (Lipinski definition) is 7. The van der Waals surface area contributed by atoms with Gasteiger partial charge in [-0.2, -0.15) is 0 Å². The number of hydrogen-bond donors (Lipinski definition) is 2. The Morgan fingerprint density at radius 2 is 2.32 bits per heavy atom. The molecule has 134 valence electrons. The minimum Gasteiger partial charge on any atom is -0.488 e. The van der Waals surface area contributed by atoms with Crippen LogP contribution in [-0.4, -0.2) is 41.8 Å². The Balaban J connectivity index is 1.84. The molecule has 1 aromatic rings. The van der Waals surface area contributed by atoms with Crippen LogP contribution in [0.2, 0.25) is 0 Å². The lowest BCUT2D eigenvalue weighted by atomic mass is 10.0. The van der Waals surface area contributed by atoms with E-state index in [1.165, 1.54) is 6.07 Å². The number of ether oxygens (including phenoxy) is 2. The van der Waals surface area contributed by atoms with Crippen molar-refractivity contribution in [2.75, 3.05) is 13.2 Å². The molecule has 2 heterocycles. The minimum atomic E-state index is -0.776. The molecule has 0 aromatic heterocycles. The summed E-state index contributed by atoms with van der Waals surface area (Å²) in [5.74, 6) is -1.99. The van der Waals surface area contributed by atoms with Crippen molar-refractivity contribution in [3.63, 3.8) is 0 Å². The van der Waals surface area contributed by atoms with Gasteiger partial charge < -0.3 is 25.4 Å². The van der Waals surface area contributed by atoms with Crippen LogP contribution in [0.5, 0.6) is 5.75 Å². The van der Waals surface area contributed by atoms with Gasteiger partial charge in [0, 0.05) is 36.4 Å². The molecule has 6 nitrogen and oxygen atoms in total. The number of esters is 1. The SMILES string of the molecule is NCCC1=CNC(OC(=O)C=S)N1[C@H]1COc2c(F)cc(F)cc2C1. The van der Waals surface area contributed by atoms with E-state index in [2.05, 4.69) is 17.5 Å². The minimum absolute atomic E-state index is 0.0570. The molecule has 3 N–H and O–H groups in total. The Labute approximate surface area is 148 Å². The van der Waals surface area contributed by atoms with Crippen LogP contribution >= 0.6 is 12.2 Å². The van der Waals surface area contributed by atoms with Crippen molar-refractivity contribution in [3.05, 3.63) is 41.2 Å². The smallest absolute Gasteiger partial charge is 0.344 e. The van der Waals surface area contributed by atoms with E-state index in [1.54, 1.807) is 11.1 Å². The highest BCUT2D eigenvalue weighted by Gasteiger charge is 2.37. The molecule has 0 fully saturated rings. The van der Waals surface area contributed by atoms with E-state index >= 15 is 0 Å². The van der Waals surface area contributed by atoms with Crippen molar-refractivity contribution in [1.82, 2.24) is 10.2 Å². The van der Waals surface area contributed by atoms with Gasteiger partial charge in [0.25, 0.3) is 6.35 Å². The van der Waals surface area contributed by atoms with E-state index in [0.29, 0.717) is 24.9 Å². The summed E-state index contributed by atoms with van der Waals surface area (Å²) in [5.41, 5.74) is 6.87. The second-order valence-electron chi connectivity index (χ2n) is 5.70. The second-order valence-corrected chi connectivity index (χ2v) is 5.94. The Bertz CT molecular complexity index is 729. The molecule has 1 unspecified atom stereocenters. The summed E-state index contributed by atoms with van der Waals surface area (Å²) in [6, 6.07) is 1.75. The standard InChI is InChI=1S/C16H17F2N3O3S/c17-10-3-9-4-12(7-23-15(9)13(18)5-10)21-11(1-2-19)6-20-16(21)24-14(22)8-25/h3,5-6,8,12,16,20H,1-2,4,7,19H2/t12-,16?/m1/s1. The van der Waals surface area contributed by atoms with Crippen LogP contribution < -0.4 is 15.8 Å². The first-order valence-electron chi connectivity index (χ1n) is 7.73. The average molecular weight is 369 g/mol. The number of nitrogens with one attached hydrogen (secondary N) is 1. The maximum absolute atomic E-state index is 13.8. The molecule has 2 aliphatic heterocycles. The monoisotopic (exact) mass is 369 g/mol. The van der Waals surface area contributed by atoms with Gasteiger partial charge in [0.2, 0.25) is 0 Å². The highest BCUT2D eigenvalue weighted by atomic mass is 32.1. The predicted octanol–water partition coefficient (Wildman–Crippen LogP) is 1.19. The molecular formula is C16H17F2N3O3S. The second kappa shape index (κ2) is 7.32. The summed E-state index contributed by atoms with van der Waals surface area (Å²) in [6.07, 6.45) is 1.80. The first-order valence-corrected chi connectivity index (χ1v) is 8.20. The first-order chi connectivity index (χ1) is 12.0. The zero-order valence-electron chi connectivity index (χ0n) is 13.2. The highest BCUT2D eigenvalue weighted by Crippen LogP contribution is 2.33. The summed E-state index contributed by atoms with van der Waals surface area (Å²) in [5, 5.41) is 3.85. The number of rotatable bonds is 5. The van der Waals surface area contributed by atoms with Crippen LogP contribution in [0, 0.1) is 11.6 Å². The third-order valence-corrected chi connectivity index (χ3v) is 4.25. The van der Waals surface area contributed by atoms with Crippen LogP contribution in [0.15, 0.2) is 24.0 Å². The average Bonchev–Trinajstić information content (AvgIpc) is 2.96. The number of carbonyl (C=O) groups is 1. The maximum Gasteiger partial charge on any atom is 0.344 e. The summed E-state index contributed by atoms with van der Waals surface area (Å²) >= 11 is 4.57. The zero-order valence-corrected chi connectivity index (χ0v) is 14.0. The van der Waals surface area contributed by atoms with Gasteiger partial charge in [-0.3, -0.25) is 0 Å². The maximum atomic E-state index is 13.8. The van der Waals surface area contributed by atoms with Crippen molar-refractivity contribution >= 4 is 23.6 Å². The number of thiocarbonyl (C=S) groups is 1.